The Morgan fingerprint density at radius 3 is 2.77 bits per heavy atom. The molecule has 22 heavy (non-hydrogen) atoms. The molecule has 0 radical (unpaired) electrons. The number of fused-ring (bicyclic) bond motifs is 1. The maximum Gasteiger partial charge on any atom is 0.335 e. The Bertz CT molecular complexity index is 854. The molecule has 0 aliphatic rings. The summed E-state index contributed by atoms with van der Waals surface area (Å²) in [5, 5.41) is 19.6. The maximum atomic E-state index is 12.2. The molecule has 3 rings (SSSR count). The molecule has 1 aromatic heterocycles. The summed E-state index contributed by atoms with van der Waals surface area (Å²) in [5.74, 6) is -1.32. The number of carboxylic acid groups (broad SMARTS) is 1. The molecule has 0 atom stereocenters. The van der Waals surface area contributed by atoms with Gasteiger partial charge in [0, 0.05) is 5.39 Å². The van der Waals surface area contributed by atoms with Gasteiger partial charge >= 0.3 is 5.97 Å². The van der Waals surface area contributed by atoms with Crippen LogP contribution in [-0.2, 0) is 11.2 Å². The van der Waals surface area contributed by atoms with Gasteiger partial charge in [0.1, 0.15) is 0 Å². The van der Waals surface area contributed by atoms with Crippen LogP contribution in [0.15, 0.2) is 48.7 Å². The van der Waals surface area contributed by atoms with Gasteiger partial charge in [0.2, 0.25) is 5.91 Å². The topological polar surface area (TPSA) is 95.1 Å². The first-order valence-corrected chi connectivity index (χ1v) is 6.68. The molecule has 0 saturated heterocycles. The normalized spacial score (nSPS) is 10.5. The second-order valence-corrected chi connectivity index (χ2v) is 4.83. The number of aromatic carboxylic acids is 1. The lowest BCUT2D eigenvalue weighted by Crippen LogP contribution is -2.16. The van der Waals surface area contributed by atoms with Crippen LogP contribution in [0.3, 0.4) is 0 Å². The average Bonchev–Trinajstić information content (AvgIpc) is 2.97. The highest BCUT2D eigenvalue weighted by Crippen LogP contribution is 2.20. The van der Waals surface area contributed by atoms with Crippen molar-refractivity contribution in [3.63, 3.8) is 0 Å². The van der Waals surface area contributed by atoms with Gasteiger partial charge in [0.15, 0.2) is 0 Å². The minimum Gasteiger partial charge on any atom is -0.478 e. The van der Waals surface area contributed by atoms with Crippen molar-refractivity contribution in [1.29, 1.82) is 0 Å². The highest BCUT2D eigenvalue weighted by molar-refractivity contribution is 6.01. The van der Waals surface area contributed by atoms with Crippen LogP contribution >= 0.6 is 0 Å². The fourth-order valence-corrected chi connectivity index (χ4v) is 2.32. The van der Waals surface area contributed by atoms with Gasteiger partial charge in [-0.25, -0.2) is 4.79 Å². The van der Waals surface area contributed by atoms with Crippen molar-refractivity contribution in [3.05, 3.63) is 59.8 Å². The molecule has 2 aromatic carbocycles. The molecule has 0 fully saturated rings. The summed E-state index contributed by atoms with van der Waals surface area (Å²) in [6, 6.07) is 11.9. The first-order chi connectivity index (χ1) is 10.6. The number of nitrogens with one attached hydrogen (secondary N) is 2. The van der Waals surface area contributed by atoms with Crippen molar-refractivity contribution >= 4 is 28.5 Å². The smallest absolute Gasteiger partial charge is 0.335 e. The summed E-state index contributed by atoms with van der Waals surface area (Å²) in [4.78, 5) is 23.3. The number of para-hydroxylation sites is 1. The molecule has 1 amide bonds. The van der Waals surface area contributed by atoms with Gasteiger partial charge < -0.3 is 10.4 Å². The van der Waals surface area contributed by atoms with Crippen LogP contribution in [0.2, 0.25) is 0 Å². The van der Waals surface area contributed by atoms with Crippen molar-refractivity contribution < 1.29 is 14.7 Å². The van der Waals surface area contributed by atoms with Crippen LogP contribution in [-0.4, -0.2) is 27.2 Å². The number of carbonyl (C=O) groups excluding carboxylic acids is 1. The fraction of sp³-hybridized carbons (Fsp3) is 0.0625. The van der Waals surface area contributed by atoms with Gasteiger partial charge in [0.25, 0.3) is 0 Å². The third-order valence-corrected chi connectivity index (χ3v) is 3.35. The number of carbonyl (C=O) groups is 2. The van der Waals surface area contributed by atoms with E-state index in [0.717, 1.165) is 10.9 Å². The largest absolute Gasteiger partial charge is 0.478 e. The zero-order chi connectivity index (χ0) is 15.5. The fourth-order valence-electron chi connectivity index (χ4n) is 2.32. The number of carboxylic acids is 1. The average molecular weight is 295 g/mol. The SMILES string of the molecule is O=C(Cc1ccccc1C(=O)O)Nc1cccc2cn[nH]c12. The zero-order valence-electron chi connectivity index (χ0n) is 11.5. The number of hydrogen-bond donors (Lipinski definition) is 3. The number of amides is 1. The number of H-pyrrole nitrogens is 1. The molecule has 0 bridgehead atoms. The van der Waals surface area contributed by atoms with Crippen molar-refractivity contribution in [3.8, 4) is 0 Å². The molecule has 0 saturated carbocycles. The van der Waals surface area contributed by atoms with E-state index < -0.39 is 5.97 Å². The minimum absolute atomic E-state index is 0.00695. The first kappa shape index (κ1) is 13.8. The molecular formula is C16H13N3O3. The Morgan fingerprint density at radius 2 is 1.95 bits per heavy atom. The Morgan fingerprint density at radius 1 is 1.14 bits per heavy atom. The molecule has 3 aromatic rings. The van der Waals surface area contributed by atoms with E-state index in [9.17, 15) is 9.59 Å². The van der Waals surface area contributed by atoms with E-state index in [-0.39, 0.29) is 17.9 Å². The molecule has 6 heteroatoms. The number of hydrogen-bond acceptors (Lipinski definition) is 3. The molecule has 0 spiro atoms. The second-order valence-electron chi connectivity index (χ2n) is 4.83. The summed E-state index contributed by atoms with van der Waals surface area (Å²) >= 11 is 0. The van der Waals surface area contributed by atoms with Crippen LogP contribution < -0.4 is 5.32 Å². The van der Waals surface area contributed by atoms with Gasteiger partial charge in [-0.3, -0.25) is 9.89 Å². The highest BCUT2D eigenvalue weighted by atomic mass is 16.4. The molecule has 0 unspecified atom stereocenters. The number of aromatic amines is 1. The van der Waals surface area contributed by atoms with E-state index in [0.29, 0.717) is 11.3 Å². The van der Waals surface area contributed by atoms with Gasteiger partial charge in [-0.15, -0.1) is 0 Å². The van der Waals surface area contributed by atoms with E-state index >= 15 is 0 Å². The standard InChI is InChI=1S/C16H13N3O3/c20-14(8-10-4-1-2-6-12(10)16(21)22)18-13-7-3-5-11-9-17-19-15(11)13/h1-7,9H,8H2,(H,17,19)(H,18,20)(H,21,22). The lowest BCUT2D eigenvalue weighted by atomic mass is 10.0. The molecule has 6 nitrogen and oxygen atoms in total. The van der Waals surface area contributed by atoms with Crippen LogP contribution in [0.4, 0.5) is 5.69 Å². The van der Waals surface area contributed by atoms with Crippen LogP contribution in [0.5, 0.6) is 0 Å². The number of benzene rings is 2. The molecule has 1 heterocycles. The molecular weight excluding hydrogens is 282 g/mol. The zero-order valence-corrected chi connectivity index (χ0v) is 11.5. The van der Waals surface area contributed by atoms with E-state index in [2.05, 4.69) is 15.5 Å². The van der Waals surface area contributed by atoms with E-state index in [1.807, 2.05) is 12.1 Å². The number of anilines is 1. The number of nitrogens with zero attached hydrogens (tertiary/aromatic N) is 1. The van der Waals surface area contributed by atoms with E-state index in [1.165, 1.54) is 6.07 Å². The Labute approximate surface area is 125 Å². The van der Waals surface area contributed by atoms with Crippen molar-refractivity contribution in [2.24, 2.45) is 0 Å². The predicted molar refractivity (Wildman–Crippen MR) is 81.8 cm³/mol. The second kappa shape index (κ2) is 5.69. The Hall–Kier alpha value is -3.15. The molecule has 0 aliphatic carbocycles. The molecule has 0 aliphatic heterocycles. The monoisotopic (exact) mass is 295 g/mol. The van der Waals surface area contributed by atoms with Crippen LogP contribution in [0.1, 0.15) is 15.9 Å². The number of rotatable bonds is 4. The van der Waals surface area contributed by atoms with Crippen LogP contribution in [0, 0.1) is 0 Å². The third-order valence-electron chi connectivity index (χ3n) is 3.35. The minimum atomic E-state index is -1.04. The third kappa shape index (κ3) is 2.67. The van der Waals surface area contributed by atoms with E-state index in [1.54, 1.807) is 30.5 Å². The quantitative estimate of drug-likeness (QED) is 0.689. The molecule has 3 N–H and O–H groups in total. The van der Waals surface area contributed by atoms with Crippen LogP contribution in [0.25, 0.3) is 10.9 Å². The highest BCUT2D eigenvalue weighted by Gasteiger charge is 2.13. The maximum absolute atomic E-state index is 12.2. The Kier molecular flexibility index (Phi) is 3.57. The lowest BCUT2D eigenvalue weighted by molar-refractivity contribution is -0.115. The van der Waals surface area contributed by atoms with Crippen molar-refractivity contribution in [1.82, 2.24) is 10.2 Å². The summed E-state index contributed by atoms with van der Waals surface area (Å²) < 4.78 is 0. The summed E-state index contributed by atoms with van der Waals surface area (Å²) in [5.41, 5.74) is 1.97. The van der Waals surface area contributed by atoms with Crippen molar-refractivity contribution in [2.75, 3.05) is 5.32 Å². The van der Waals surface area contributed by atoms with Crippen molar-refractivity contribution in [2.45, 2.75) is 6.42 Å². The van der Waals surface area contributed by atoms with Gasteiger partial charge in [-0.05, 0) is 17.7 Å². The van der Waals surface area contributed by atoms with Gasteiger partial charge in [-0.1, -0.05) is 30.3 Å². The summed E-state index contributed by atoms with van der Waals surface area (Å²) in [6.07, 6.45) is 1.66. The lowest BCUT2D eigenvalue weighted by Gasteiger charge is -2.08. The van der Waals surface area contributed by atoms with Gasteiger partial charge in [-0.2, -0.15) is 5.10 Å². The number of aromatic nitrogens is 2. The Balaban J connectivity index is 1.81. The summed E-state index contributed by atoms with van der Waals surface area (Å²) in [6.45, 7) is 0. The molecule has 110 valence electrons. The van der Waals surface area contributed by atoms with E-state index in [4.69, 9.17) is 5.11 Å². The first-order valence-electron chi connectivity index (χ1n) is 6.68. The predicted octanol–water partition coefficient (Wildman–Crippen LogP) is 2.44. The summed E-state index contributed by atoms with van der Waals surface area (Å²) in [7, 11) is 0. The van der Waals surface area contributed by atoms with Gasteiger partial charge in [0.05, 0.1) is 29.4 Å².